The molecule has 1 unspecified atom stereocenters. The lowest BCUT2D eigenvalue weighted by Crippen LogP contribution is -2.35. The van der Waals surface area contributed by atoms with Crippen LogP contribution in [0.25, 0.3) is 0 Å². The molecule has 1 aliphatic heterocycles. The molecule has 1 atom stereocenters. The van der Waals surface area contributed by atoms with Gasteiger partial charge >= 0.3 is 0 Å². The summed E-state index contributed by atoms with van der Waals surface area (Å²) in [5.41, 5.74) is 7.13. The van der Waals surface area contributed by atoms with E-state index in [9.17, 15) is 4.79 Å². The summed E-state index contributed by atoms with van der Waals surface area (Å²) in [5.74, 6) is 4.85. The molecule has 2 rings (SSSR count). The summed E-state index contributed by atoms with van der Waals surface area (Å²) < 4.78 is 0. The first-order chi connectivity index (χ1) is 7.79. The highest BCUT2D eigenvalue weighted by atomic mass is 16.2. The van der Waals surface area contributed by atoms with Crippen LogP contribution in [0, 0.1) is 0 Å². The van der Waals surface area contributed by atoms with Crippen LogP contribution in [0.2, 0.25) is 0 Å². The van der Waals surface area contributed by atoms with E-state index < -0.39 is 0 Å². The highest BCUT2D eigenvalue weighted by Gasteiger charge is 2.21. The van der Waals surface area contributed by atoms with Crippen LogP contribution in [0.15, 0.2) is 35.4 Å². The van der Waals surface area contributed by atoms with Crippen molar-refractivity contribution in [3.8, 4) is 0 Å². The molecule has 0 radical (unpaired) electrons. The Balaban J connectivity index is 1.95. The number of nitrogens with one attached hydrogen (secondary N) is 2. The number of nitrogens with zero attached hydrogens (tertiary/aromatic N) is 1. The van der Waals surface area contributed by atoms with Crippen molar-refractivity contribution in [2.75, 3.05) is 0 Å². The second kappa shape index (κ2) is 4.76. The van der Waals surface area contributed by atoms with E-state index in [0.717, 1.165) is 17.7 Å². The van der Waals surface area contributed by atoms with Gasteiger partial charge in [0.1, 0.15) is 0 Å². The van der Waals surface area contributed by atoms with Gasteiger partial charge in [-0.25, -0.2) is 5.84 Å². The Morgan fingerprint density at radius 1 is 1.50 bits per heavy atom. The Morgan fingerprint density at radius 3 is 2.94 bits per heavy atom. The van der Waals surface area contributed by atoms with Gasteiger partial charge in [0.2, 0.25) is 5.91 Å². The maximum absolute atomic E-state index is 11.1. The molecule has 1 aromatic rings. The van der Waals surface area contributed by atoms with Gasteiger partial charge in [-0.3, -0.25) is 10.2 Å². The standard InChI is InChI=1S/C11H14N4O/c12-13-11(16)7-9-6-10(15-14-9)8-4-2-1-3-5-8/h1-5,9,14H,6-7,12H2,(H,13,16). The smallest absolute Gasteiger partial charge is 0.236 e. The first kappa shape index (κ1) is 10.6. The average Bonchev–Trinajstić information content (AvgIpc) is 2.78. The lowest BCUT2D eigenvalue weighted by atomic mass is 10.0. The summed E-state index contributed by atoms with van der Waals surface area (Å²) in [6.07, 6.45) is 1.09. The predicted octanol–water partition coefficient (Wildman–Crippen LogP) is 0.133. The first-order valence-corrected chi connectivity index (χ1v) is 5.16. The monoisotopic (exact) mass is 218 g/mol. The molecular formula is C11H14N4O. The van der Waals surface area contributed by atoms with Gasteiger partial charge in [0.25, 0.3) is 0 Å². The zero-order valence-corrected chi connectivity index (χ0v) is 8.81. The summed E-state index contributed by atoms with van der Waals surface area (Å²) in [4.78, 5) is 11.1. The van der Waals surface area contributed by atoms with Crippen LogP contribution < -0.4 is 16.7 Å². The van der Waals surface area contributed by atoms with Gasteiger partial charge in [0.15, 0.2) is 0 Å². The van der Waals surface area contributed by atoms with E-state index in [4.69, 9.17) is 5.84 Å². The summed E-state index contributed by atoms with van der Waals surface area (Å²) in [6.45, 7) is 0. The first-order valence-electron chi connectivity index (χ1n) is 5.16. The Morgan fingerprint density at radius 2 is 2.25 bits per heavy atom. The molecule has 16 heavy (non-hydrogen) atoms. The zero-order chi connectivity index (χ0) is 11.4. The summed E-state index contributed by atoms with van der Waals surface area (Å²) in [7, 11) is 0. The molecule has 5 heteroatoms. The second-order valence-electron chi connectivity index (χ2n) is 3.73. The molecule has 0 saturated carbocycles. The van der Waals surface area contributed by atoms with E-state index in [0.29, 0.717) is 6.42 Å². The average molecular weight is 218 g/mol. The fourth-order valence-electron chi connectivity index (χ4n) is 1.71. The largest absolute Gasteiger partial charge is 0.306 e. The molecule has 1 aromatic carbocycles. The number of hydrogen-bond acceptors (Lipinski definition) is 4. The lowest BCUT2D eigenvalue weighted by Gasteiger charge is -2.07. The number of hydrazine groups is 1. The van der Waals surface area contributed by atoms with Crippen molar-refractivity contribution in [3.63, 3.8) is 0 Å². The molecule has 0 spiro atoms. The van der Waals surface area contributed by atoms with Crippen molar-refractivity contribution in [2.24, 2.45) is 10.9 Å². The number of hydrogen-bond donors (Lipinski definition) is 3. The number of carbonyl (C=O) groups excluding carboxylic acids is 1. The third-order valence-corrected chi connectivity index (χ3v) is 2.52. The number of nitrogens with two attached hydrogens (primary N) is 1. The Hall–Kier alpha value is -1.88. The van der Waals surface area contributed by atoms with E-state index >= 15 is 0 Å². The predicted molar refractivity (Wildman–Crippen MR) is 61.5 cm³/mol. The number of hydrazone groups is 1. The van der Waals surface area contributed by atoms with Gasteiger partial charge in [-0.05, 0) is 5.56 Å². The van der Waals surface area contributed by atoms with Crippen molar-refractivity contribution >= 4 is 11.6 Å². The van der Waals surface area contributed by atoms with E-state index in [-0.39, 0.29) is 11.9 Å². The second-order valence-corrected chi connectivity index (χ2v) is 3.73. The van der Waals surface area contributed by atoms with Crippen molar-refractivity contribution in [3.05, 3.63) is 35.9 Å². The van der Waals surface area contributed by atoms with E-state index in [2.05, 4.69) is 16.0 Å². The minimum absolute atomic E-state index is 0.0405. The van der Waals surface area contributed by atoms with E-state index in [1.54, 1.807) is 0 Å². The Bertz CT molecular complexity index is 402. The Kier molecular flexibility index (Phi) is 3.16. The van der Waals surface area contributed by atoms with Crippen molar-refractivity contribution in [1.82, 2.24) is 10.9 Å². The van der Waals surface area contributed by atoms with Crippen LogP contribution in [0.1, 0.15) is 18.4 Å². The van der Waals surface area contributed by atoms with Crippen LogP contribution in [0.3, 0.4) is 0 Å². The van der Waals surface area contributed by atoms with Crippen LogP contribution >= 0.6 is 0 Å². The third-order valence-electron chi connectivity index (χ3n) is 2.52. The zero-order valence-electron chi connectivity index (χ0n) is 8.81. The van der Waals surface area contributed by atoms with Crippen molar-refractivity contribution < 1.29 is 4.79 Å². The van der Waals surface area contributed by atoms with Crippen LogP contribution in [0.5, 0.6) is 0 Å². The molecule has 1 amide bonds. The number of benzene rings is 1. The normalized spacial score (nSPS) is 18.8. The molecule has 4 N–H and O–H groups in total. The van der Waals surface area contributed by atoms with Crippen molar-refractivity contribution in [1.29, 1.82) is 0 Å². The van der Waals surface area contributed by atoms with E-state index in [1.165, 1.54) is 0 Å². The molecule has 0 fully saturated rings. The van der Waals surface area contributed by atoms with E-state index in [1.807, 2.05) is 30.3 Å². The van der Waals surface area contributed by atoms with Gasteiger partial charge < -0.3 is 5.43 Å². The highest BCUT2D eigenvalue weighted by Crippen LogP contribution is 2.13. The van der Waals surface area contributed by atoms with Gasteiger partial charge in [0, 0.05) is 6.42 Å². The Labute approximate surface area is 93.7 Å². The van der Waals surface area contributed by atoms with Crippen LogP contribution in [-0.4, -0.2) is 17.7 Å². The molecule has 0 saturated heterocycles. The SMILES string of the molecule is NNC(=O)CC1CC(c2ccccc2)=NN1. The minimum Gasteiger partial charge on any atom is -0.306 e. The molecular weight excluding hydrogens is 204 g/mol. The fourth-order valence-corrected chi connectivity index (χ4v) is 1.71. The third kappa shape index (κ3) is 2.38. The number of rotatable bonds is 3. The molecule has 0 bridgehead atoms. The molecule has 84 valence electrons. The quantitative estimate of drug-likeness (QED) is 0.383. The van der Waals surface area contributed by atoms with Gasteiger partial charge in [0.05, 0.1) is 18.2 Å². The molecule has 0 aromatic heterocycles. The highest BCUT2D eigenvalue weighted by molar-refractivity contribution is 6.02. The summed E-state index contributed by atoms with van der Waals surface area (Å²) in [5, 5.41) is 4.22. The summed E-state index contributed by atoms with van der Waals surface area (Å²) >= 11 is 0. The minimum atomic E-state index is -0.179. The molecule has 5 nitrogen and oxygen atoms in total. The maximum atomic E-state index is 11.1. The van der Waals surface area contributed by atoms with Gasteiger partial charge in [-0.2, -0.15) is 5.10 Å². The fraction of sp³-hybridized carbons (Fsp3) is 0.273. The number of carbonyl (C=O) groups is 1. The lowest BCUT2D eigenvalue weighted by molar-refractivity contribution is -0.121. The topological polar surface area (TPSA) is 79.5 Å². The van der Waals surface area contributed by atoms with Crippen LogP contribution in [-0.2, 0) is 4.79 Å². The summed E-state index contributed by atoms with van der Waals surface area (Å²) in [6, 6.07) is 9.96. The van der Waals surface area contributed by atoms with Gasteiger partial charge in [-0.1, -0.05) is 30.3 Å². The number of amides is 1. The molecule has 0 aliphatic carbocycles. The van der Waals surface area contributed by atoms with Crippen molar-refractivity contribution in [2.45, 2.75) is 18.9 Å². The van der Waals surface area contributed by atoms with Gasteiger partial charge in [-0.15, -0.1) is 0 Å². The molecule has 1 aliphatic rings. The maximum Gasteiger partial charge on any atom is 0.236 e. The van der Waals surface area contributed by atoms with Crippen LogP contribution in [0.4, 0.5) is 0 Å². The molecule has 1 heterocycles.